The van der Waals surface area contributed by atoms with Crippen LogP contribution in [0.15, 0.2) is 40.6 Å². The first-order valence-corrected chi connectivity index (χ1v) is 11.7. The number of hydrogen-bond donors (Lipinski definition) is 2. The summed E-state index contributed by atoms with van der Waals surface area (Å²) in [7, 11) is -3.62. The first kappa shape index (κ1) is 23.1. The maximum atomic E-state index is 13.6. The van der Waals surface area contributed by atoms with Crippen molar-refractivity contribution >= 4 is 33.2 Å². The van der Waals surface area contributed by atoms with Gasteiger partial charge in [-0.1, -0.05) is 12.1 Å². The summed E-state index contributed by atoms with van der Waals surface area (Å²) in [6.07, 6.45) is -1.17. The van der Waals surface area contributed by atoms with Crippen molar-refractivity contribution in [2.75, 3.05) is 26.3 Å². The van der Waals surface area contributed by atoms with E-state index in [4.69, 9.17) is 9.47 Å². The summed E-state index contributed by atoms with van der Waals surface area (Å²) in [5.74, 6) is -1.89. The van der Waals surface area contributed by atoms with E-state index >= 15 is 0 Å². The van der Waals surface area contributed by atoms with Gasteiger partial charge in [0.2, 0.25) is 5.91 Å². The molecule has 31 heavy (non-hydrogen) atoms. The zero-order valence-corrected chi connectivity index (χ0v) is 18.3. The van der Waals surface area contributed by atoms with Gasteiger partial charge in [0.1, 0.15) is 4.21 Å². The van der Waals surface area contributed by atoms with Crippen molar-refractivity contribution < 1.29 is 31.9 Å². The minimum atomic E-state index is -3.62. The van der Waals surface area contributed by atoms with E-state index in [0.29, 0.717) is 18.1 Å². The lowest BCUT2D eigenvalue weighted by Crippen LogP contribution is -2.47. The molecule has 0 unspecified atom stereocenters. The van der Waals surface area contributed by atoms with E-state index in [9.17, 15) is 22.4 Å². The van der Waals surface area contributed by atoms with E-state index in [1.54, 1.807) is 12.1 Å². The van der Waals surface area contributed by atoms with Crippen LogP contribution in [0.3, 0.4) is 0 Å². The minimum absolute atomic E-state index is 0.0796. The van der Waals surface area contributed by atoms with Crippen LogP contribution in [0.5, 0.6) is 5.75 Å². The molecule has 0 radical (unpaired) electrons. The van der Waals surface area contributed by atoms with E-state index in [1.807, 2.05) is 0 Å². The molecule has 1 aliphatic rings. The number of amides is 2. The van der Waals surface area contributed by atoms with Crippen molar-refractivity contribution in [1.82, 2.24) is 15.2 Å². The minimum Gasteiger partial charge on any atom is -0.478 e. The van der Waals surface area contributed by atoms with Gasteiger partial charge < -0.3 is 9.47 Å². The highest BCUT2D eigenvalue weighted by molar-refractivity contribution is 7.91. The number of halogens is 1. The molecule has 1 aromatic heterocycles. The Labute approximate surface area is 183 Å². The second kappa shape index (κ2) is 10.2. The third-order valence-corrected chi connectivity index (χ3v) is 7.82. The summed E-state index contributed by atoms with van der Waals surface area (Å²) < 4.78 is 50.8. The molecule has 0 aliphatic carbocycles. The number of nitrogens with zero attached hydrogens (tertiary/aromatic N) is 1. The third kappa shape index (κ3) is 6.00. The Morgan fingerprint density at radius 3 is 2.61 bits per heavy atom. The van der Waals surface area contributed by atoms with Gasteiger partial charge in [-0.3, -0.25) is 20.4 Å². The smallest absolute Gasteiger partial charge is 0.279 e. The van der Waals surface area contributed by atoms with Crippen LogP contribution in [0.4, 0.5) is 4.39 Å². The Hall–Kier alpha value is -2.54. The van der Waals surface area contributed by atoms with Crippen LogP contribution >= 0.6 is 11.3 Å². The number of hydrogen-bond acceptors (Lipinski definition) is 7. The van der Waals surface area contributed by atoms with Gasteiger partial charge >= 0.3 is 0 Å². The Morgan fingerprint density at radius 2 is 1.90 bits per heavy atom. The number of morpholine rings is 1. The van der Waals surface area contributed by atoms with Crippen molar-refractivity contribution in [3.63, 3.8) is 0 Å². The van der Waals surface area contributed by atoms with Gasteiger partial charge in [-0.05, 0) is 31.2 Å². The van der Waals surface area contributed by atoms with Crippen molar-refractivity contribution in [1.29, 1.82) is 0 Å². The molecule has 168 valence electrons. The van der Waals surface area contributed by atoms with Gasteiger partial charge in [0.25, 0.3) is 15.9 Å². The number of benzene rings is 1. The molecule has 3 rings (SSSR count). The van der Waals surface area contributed by atoms with Gasteiger partial charge in [0, 0.05) is 18.0 Å². The van der Waals surface area contributed by atoms with Gasteiger partial charge in [-0.25, -0.2) is 12.8 Å². The lowest BCUT2D eigenvalue weighted by Gasteiger charge is -2.25. The van der Waals surface area contributed by atoms with Crippen molar-refractivity contribution in [3.05, 3.63) is 47.1 Å². The molecule has 2 amide bonds. The van der Waals surface area contributed by atoms with Crippen LogP contribution in [0.1, 0.15) is 11.8 Å². The van der Waals surface area contributed by atoms with Crippen LogP contribution in [0.2, 0.25) is 0 Å². The fourth-order valence-corrected chi connectivity index (χ4v) is 5.64. The fraction of sp³-hybridized carbons (Fsp3) is 0.368. The van der Waals surface area contributed by atoms with Crippen LogP contribution in [0, 0.1) is 5.82 Å². The number of sulfonamides is 1. The standard InChI is InChI=1S/C19H22FN3O6S2/c1-13(29-16-5-3-2-4-15(16)20)19(25)22-21-17(24)12-14-6-7-18(30-14)31(26,27)23-8-10-28-11-9-23/h2-7,13H,8-12H2,1H3,(H,21,24)(H,22,25)/t13-/m1/s1. The van der Waals surface area contributed by atoms with Crippen molar-refractivity contribution in [2.24, 2.45) is 0 Å². The van der Waals surface area contributed by atoms with Crippen LogP contribution in [-0.2, 0) is 30.8 Å². The second-order valence-electron chi connectivity index (χ2n) is 6.64. The predicted octanol–water partition coefficient (Wildman–Crippen LogP) is 1.07. The zero-order valence-electron chi connectivity index (χ0n) is 16.7. The normalized spacial score (nSPS) is 15.8. The van der Waals surface area contributed by atoms with E-state index in [2.05, 4.69) is 10.9 Å². The summed E-state index contributed by atoms with van der Waals surface area (Å²) in [4.78, 5) is 24.7. The Balaban J connectivity index is 1.50. The predicted molar refractivity (Wildman–Crippen MR) is 110 cm³/mol. The van der Waals surface area contributed by atoms with Crippen LogP contribution in [-0.4, -0.2) is 56.9 Å². The highest BCUT2D eigenvalue weighted by Gasteiger charge is 2.28. The average Bonchev–Trinajstić information content (AvgIpc) is 3.23. The number of carbonyl (C=O) groups excluding carboxylic acids is 2. The Kier molecular flexibility index (Phi) is 7.59. The van der Waals surface area contributed by atoms with E-state index in [1.165, 1.54) is 35.5 Å². The third-order valence-electron chi connectivity index (χ3n) is 4.37. The average molecular weight is 472 g/mol. The molecule has 1 atom stereocenters. The van der Waals surface area contributed by atoms with E-state index in [-0.39, 0.29) is 29.5 Å². The van der Waals surface area contributed by atoms with Gasteiger partial charge in [-0.15, -0.1) is 11.3 Å². The van der Waals surface area contributed by atoms with Crippen LogP contribution in [0.25, 0.3) is 0 Å². The molecule has 2 N–H and O–H groups in total. The van der Waals surface area contributed by atoms with Crippen LogP contribution < -0.4 is 15.6 Å². The number of nitrogens with one attached hydrogen (secondary N) is 2. The topological polar surface area (TPSA) is 114 Å². The maximum Gasteiger partial charge on any atom is 0.279 e. The molecule has 1 aliphatic heterocycles. The van der Waals surface area contributed by atoms with E-state index in [0.717, 1.165) is 11.3 Å². The maximum absolute atomic E-state index is 13.6. The second-order valence-corrected chi connectivity index (χ2v) is 9.98. The molecule has 9 nitrogen and oxygen atoms in total. The number of para-hydroxylation sites is 1. The quantitative estimate of drug-likeness (QED) is 0.584. The molecular weight excluding hydrogens is 449 g/mol. The van der Waals surface area contributed by atoms with Gasteiger partial charge in [0.15, 0.2) is 17.7 Å². The number of carbonyl (C=O) groups is 2. The molecular formula is C19H22FN3O6S2. The number of hydrazine groups is 1. The lowest BCUT2D eigenvalue weighted by molar-refractivity contribution is -0.132. The molecule has 1 saturated heterocycles. The van der Waals surface area contributed by atoms with Crippen molar-refractivity contribution in [2.45, 2.75) is 23.7 Å². The summed E-state index contributed by atoms with van der Waals surface area (Å²) >= 11 is 0.995. The van der Waals surface area contributed by atoms with Gasteiger partial charge in [-0.2, -0.15) is 4.31 Å². The highest BCUT2D eigenvalue weighted by atomic mass is 32.2. The molecule has 1 aromatic carbocycles. The molecule has 1 fully saturated rings. The van der Waals surface area contributed by atoms with Crippen molar-refractivity contribution in [3.8, 4) is 5.75 Å². The summed E-state index contributed by atoms with van der Waals surface area (Å²) in [6.45, 7) is 2.68. The number of thiophene rings is 1. The molecule has 0 saturated carbocycles. The molecule has 0 bridgehead atoms. The lowest BCUT2D eigenvalue weighted by atomic mass is 10.3. The Bertz CT molecular complexity index is 1040. The van der Waals surface area contributed by atoms with Gasteiger partial charge in [0.05, 0.1) is 19.6 Å². The number of rotatable bonds is 7. The summed E-state index contributed by atoms with van der Waals surface area (Å²) in [5, 5.41) is 0. The largest absolute Gasteiger partial charge is 0.478 e. The molecule has 2 heterocycles. The molecule has 0 spiro atoms. The monoisotopic (exact) mass is 471 g/mol. The Morgan fingerprint density at radius 1 is 1.19 bits per heavy atom. The summed E-state index contributed by atoms with van der Waals surface area (Å²) in [6, 6.07) is 8.67. The molecule has 12 heteroatoms. The highest BCUT2D eigenvalue weighted by Crippen LogP contribution is 2.26. The molecule has 2 aromatic rings. The number of ether oxygens (including phenoxy) is 2. The fourth-order valence-electron chi connectivity index (χ4n) is 2.73. The first-order chi connectivity index (χ1) is 14.8. The SMILES string of the molecule is C[C@@H](Oc1ccccc1F)C(=O)NNC(=O)Cc1ccc(S(=O)(=O)N2CCOCC2)s1. The zero-order chi connectivity index (χ0) is 22.4. The van der Waals surface area contributed by atoms with E-state index < -0.39 is 33.8 Å². The first-order valence-electron chi connectivity index (χ1n) is 9.44. The summed E-state index contributed by atoms with van der Waals surface area (Å²) in [5.41, 5.74) is 4.45.